The van der Waals surface area contributed by atoms with Crippen molar-refractivity contribution in [3.63, 3.8) is 0 Å². The predicted octanol–water partition coefficient (Wildman–Crippen LogP) is 6.22. The zero-order chi connectivity index (χ0) is 26.9. The molecule has 0 aliphatic carbocycles. The molecule has 196 valence electrons. The maximum atomic E-state index is 13.5. The third kappa shape index (κ3) is 7.30. The molecule has 0 radical (unpaired) electrons. The number of rotatable bonds is 12. The van der Waals surface area contributed by atoms with Crippen LogP contribution in [0.1, 0.15) is 32.3 Å². The van der Waals surface area contributed by atoms with Crippen molar-refractivity contribution in [2.45, 2.75) is 32.9 Å². The van der Waals surface area contributed by atoms with E-state index < -0.39 is 28.0 Å². The van der Waals surface area contributed by atoms with E-state index in [1.807, 2.05) is 11.8 Å². The zero-order valence-corrected chi connectivity index (χ0v) is 20.3. The summed E-state index contributed by atoms with van der Waals surface area (Å²) in [4.78, 5) is 23.5. The molecular weight excluding hydrogens is 485 g/mol. The first-order valence-corrected chi connectivity index (χ1v) is 11.0. The number of azo groups is 1. The molecule has 2 aromatic rings. The lowest BCUT2D eigenvalue weighted by Gasteiger charge is -2.25. The van der Waals surface area contributed by atoms with Gasteiger partial charge < -0.3 is 19.1 Å². The number of halogens is 3. The average Bonchev–Trinajstić information content (AvgIpc) is 2.84. The van der Waals surface area contributed by atoms with Crippen molar-refractivity contribution in [3.8, 4) is 11.5 Å². The molecule has 2 aromatic carbocycles. The highest BCUT2D eigenvalue weighted by Crippen LogP contribution is 2.42. The van der Waals surface area contributed by atoms with Crippen LogP contribution in [0.25, 0.3) is 0 Å². The Labute approximate surface area is 205 Å². The molecule has 0 heterocycles. The van der Waals surface area contributed by atoms with Gasteiger partial charge in [-0.3, -0.25) is 14.9 Å². The molecule has 0 fully saturated rings. The summed E-state index contributed by atoms with van der Waals surface area (Å²) in [5.74, 6) is 0.287. The molecule has 0 atom stereocenters. The van der Waals surface area contributed by atoms with Crippen LogP contribution in [0.15, 0.2) is 40.6 Å². The second kappa shape index (κ2) is 12.7. The summed E-state index contributed by atoms with van der Waals surface area (Å²) in [5, 5.41) is 18.5. The summed E-state index contributed by atoms with van der Waals surface area (Å²) < 4.78 is 56.1. The van der Waals surface area contributed by atoms with Crippen molar-refractivity contribution in [3.05, 3.63) is 46.0 Å². The number of hydrogen-bond donors (Lipinski definition) is 0. The van der Waals surface area contributed by atoms with Gasteiger partial charge in [0.15, 0.2) is 0 Å². The number of alkyl halides is 3. The van der Waals surface area contributed by atoms with Gasteiger partial charge in [-0.1, -0.05) is 0 Å². The molecule has 0 aliphatic rings. The second-order valence-corrected chi connectivity index (χ2v) is 7.34. The predicted molar refractivity (Wildman–Crippen MR) is 126 cm³/mol. The summed E-state index contributed by atoms with van der Waals surface area (Å²) >= 11 is 0. The molecule has 0 spiro atoms. The molecule has 0 unspecified atom stereocenters. The van der Waals surface area contributed by atoms with Gasteiger partial charge in [0.25, 0.3) is 5.69 Å². The van der Waals surface area contributed by atoms with Crippen LogP contribution in [0.2, 0.25) is 0 Å². The Bertz CT molecular complexity index is 1110. The highest BCUT2D eigenvalue weighted by molar-refractivity contribution is 5.71. The largest absolute Gasteiger partial charge is 0.494 e. The highest BCUT2D eigenvalue weighted by Gasteiger charge is 2.35. The van der Waals surface area contributed by atoms with E-state index >= 15 is 0 Å². The van der Waals surface area contributed by atoms with E-state index in [0.29, 0.717) is 43.6 Å². The van der Waals surface area contributed by atoms with Crippen LogP contribution in [0.5, 0.6) is 11.5 Å². The van der Waals surface area contributed by atoms with E-state index in [1.54, 1.807) is 13.0 Å². The molecule has 0 aromatic heterocycles. The van der Waals surface area contributed by atoms with Gasteiger partial charge in [-0.2, -0.15) is 13.2 Å². The number of esters is 1. The molecule has 0 bridgehead atoms. The molecule has 10 nitrogen and oxygen atoms in total. The van der Waals surface area contributed by atoms with E-state index in [9.17, 15) is 28.1 Å². The van der Waals surface area contributed by atoms with Crippen molar-refractivity contribution >= 4 is 28.7 Å². The molecule has 36 heavy (non-hydrogen) atoms. The third-order valence-corrected chi connectivity index (χ3v) is 5.08. The minimum absolute atomic E-state index is 0.0900. The summed E-state index contributed by atoms with van der Waals surface area (Å²) in [5.41, 5.74) is -1.88. The van der Waals surface area contributed by atoms with Crippen LogP contribution in [0.4, 0.5) is 35.9 Å². The number of anilines is 1. The van der Waals surface area contributed by atoms with Crippen molar-refractivity contribution in [1.82, 2.24) is 0 Å². The van der Waals surface area contributed by atoms with Gasteiger partial charge in [0, 0.05) is 43.8 Å². The lowest BCUT2D eigenvalue weighted by atomic mass is 10.1. The summed E-state index contributed by atoms with van der Waals surface area (Å²) in [7, 11) is 2.80. The SMILES string of the molecule is CCOC(=O)CCCN(CC)c1cc(OC)c(N=Nc2ccc([N+](=O)[O-])cc2C(F)(F)F)cc1OC. The zero-order valence-electron chi connectivity index (χ0n) is 20.3. The fraction of sp³-hybridized carbons (Fsp3) is 0.435. The van der Waals surface area contributed by atoms with Gasteiger partial charge in [0.05, 0.1) is 42.7 Å². The Kier molecular flexibility index (Phi) is 10.00. The lowest BCUT2D eigenvalue weighted by Crippen LogP contribution is -2.25. The van der Waals surface area contributed by atoms with Crippen LogP contribution >= 0.6 is 0 Å². The van der Waals surface area contributed by atoms with Crippen LogP contribution in [-0.2, 0) is 15.7 Å². The first-order valence-electron chi connectivity index (χ1n) is 11.0. The Balaban J connectivity index is 2.40. The highest BCUT2D eigenvalue weighted by atomic mass is 19.4. The Morgan fingerprint density at radius 3 is 2.28 bits per heavy atom. The first kappa shape index (κ1) is 28.3. The molecule has 0 amide bonds. The normalized spacial score (nSPS) is 11.4. The van der Waals surface area contributed by atoms with E-state index in [1.165, 1.54) is 20.3 Å². The number of nitro groups is 1. The van der Waals surface area contributed by atoms with E-state index in [2.05, 4.69) is 10.2 Å². The van der Waals surface area contributed by atoms with E-state index in [4.69, 9.17) is 14.2 Å². The number of benzene rings is 2. The van der Waals surface area contributed by atoms with Crippen LogP contribution in [0, 0.1) is 10.1 Å². The van der Waals surface area contributed by atoms with Gasteiger partial charge in [0.1, 0.15) is 17.2 Å². The number of carbonyl (C=O) groups excluding carboxylic acids is 1. The Hall–Kier alpha value is -3.90. The number of ether oxygens (including phenoxy) is 3. The first-order chi connectivity index (χ1) is 17.0. The topological polar surface area (TPSA) is 116 Å². The van der Waals surface area contributed by atoms with Crippen molar-refractivity contribution in [1.29, 1.82) is 0 Å². The molecule has 13 heteroatoms. The smallest absolute Gasteiger partial charge is 0.418 e. The summed E-state index contributed by atoms with van der Waals surface area (Å²) in [6.07, 6.45) is -4.11. The van der Waals surface area contributed by atoms with E-state index in [-0.39, 0.29) is 23.8 Å². The van der Waals surface area contributed by atoms with Gasteiger partial charge >= 0.3 is 12.1 Å². The van der Waals surface area contributed by atoms with Gasteiger partial charge in [-0.05, 0) is 26.3 Å². The summed E-state index contributed by atoms with van der Waals surface area (Å²) in [6, 6.07) is 5.28. The van der Waals surface area contributed by atoms with Gasteiger partial charge in [-0.15, -0.1) is 10.2 Å². The third-order valence-electron chi connectivity index (χ3n) is 5.08. The second-order valence-electron chi connectivity index (χ2n) is 7.34. The molecular formula is C23H27F3N4O6. The van der Waals surface area contributed by atoms with Crippen LogP contribution in [-0.4, -0.2) is 44.8 Å². The van der Waals surface area contributed by atoms with E-state index in [0.717, 1.165) is 12.1 Å². The number of methoxy groups -OCH3 is 2. The van der Waals surface area contributed by atoms with Crippen molar-refractivity contribution < 1.29 is 37.1 Å². The maximum Gasteiger partial charge on any atom is 0.418 e. The number of nitrogens with zero attached hydrogens (tertiary/aromatic N) is 4. The lowest BCUT2D eigenvalue weighted by molar-refractivity contribution is -0.385. The molecule has 0 saturated heterocycles. The van der Waals surface area contributed by atoms with Gasteiger partial charge in [-0.25, -0.2) is 0 Å². The quantitative estimate of drug-likeness (QED) is 0.144. The molecule has 0 saturated carbocycles. The fourth-order valence-corrected chi connectivity index (χ4v) is 3.35. The van der Waals surface area contributed by atoms with Crippen molar-refractivity contribution in [2.24, 2.45) is 10.2 Å². The van der Waals surface area contributed by atoms with Gasteiger partial charge in [0.2, 0.25) is 0 Å². The standard InChI is InChI=1S/C23H27F3N4O6/c1-5-29(11-7-8-22(31)36-6-2)19-14-20(34-3)18(13-21(19)35-4)28-27-17-10-9-15(30(32)33)12-16(17)23(24,25)26/h9-10,12-14H,5-8,11H2,1-4H3. The molecule has 0 aliphatic heterocycles. The Morgan fingerprint density at radius 2 is 1.72 bits per heavy atom. The maximum absolute atomic E-state index is 13.5. The Morgan fingerprint density at radius 1 is 1.06 bits per heavy atom. The minimum Gasteiger partial charge on any atom is -0.494 e. The summed E-state index contributed by atoms with van der Waals surface area (Å²) in [6.45, 7) is 5.03. The number of carbonyl (C=O) groups is 1. The molecule has 2 rings (SSSR count). The van der Waals surface area contributed by atoms with Crippen LogP contribution < -0.4 is 14.4 Å². The average molecular weight is 512 g/mol. The number of nitro benzene ring substituents is 1. The van der Waals surface area contributed by atoms with Crippen LogP contribution in [0.3, 0.4) is 0 Å². The molecule has 0 N–H and O–H groups in total. The van der Waals surface area contributed by atoms with Crippen molar-refractivity contribution in [2.75, 3.05) is 38.8 Å². The number of hydrogen-bond acceptors (Lipinski definition) is 9. The number of non-ortho nitro benzene ring substituents is 1. The minimum atomic E-state index is -4.88. The monoisotopic (exact) mass is 512 g/mol. The fourth-order valence-electron chi connectivity index (χ4n) is 3.35.